The normalized spacial score (nSPS) is 14.9. The number of piperazine rings is 1. The summed E-state index contributed by atoms with van der Waals surface area (Å²) in [6.45, 7) is 8.57. The monoisotopic (exact) mass is 463 g/mol. The number of nitrogens with one attached hydrogen (secondary N) is 1. The number of amides is 1. The number of hydrogen-bond donors (Lipinski definition) is 1. The van der Waals surface area contributed by atoms with Crippen molar-refractivity contribution < 1.29 is 13.2 Å². The Morgan fingerprint density at radius 1 is 1.06 bits per heavy atom. The molecule has 6 nitrogen and oxygen atoms in total. The predicted molar refractivity (Wildman–Crippen MR) is 125 cm³/mol. The minimum absolute atomic E-state index is 0.126. The number of carbonyl (C=O) groups excluding carboxylic acids is 1. The van der Waals surface area contributed by atoms with E-state index in [1.807, 2.05) is 23.1 Å². The minimum Gasteiger partial charge on any atom is -0.368 e. The fourth-order valence-corrected chi connectivity index (χ4v) is 5.16. The highest BCUT2D eigenvalue weighted by Gasteiger charge is 2.22. The molecule has 2 aromatic rings. The second kappa shape index (κ2) is 10.0. The fourth-order valence-electron chi connectivity index (χ4n) is 3.74. The van der Waals surface area contributed by atoms with Gasteiger partial charge < -0.3 is 9.80 Å². The molecule has 0 bridgehead atoms. The summed E-state index contributed by atoms with van der Waals surface area (Å²) in [7, 11) is -3.50. The third kappa shape index (κ3) is 6.21. The second-order valence-electron chi connectivity index (χ2n) is 8.22. The average molecular weight is 464 g/mol. The zero-order chi connectivity index (χ0) is 22.6. The van der Waals surface area contributed by atoms with Crippen LogP contribution in [0.1, 0.15) is 31.4 Å². The maximum absolute atomic E-state index is 12.7. The summed E-state index contributed by atoms with van der Waals surface area (Å²) >= 11 is 6.14. The Morgan fingerprint density at radius 2 is 1.71 bits per heavy atom. The Labute approximate surface area is 190 Å². The number of rotatable bonds is 7. The average Bonchev–Trinajstić information content (AvgIpc) is 2.73. The molecule has 2 aromatic carbocycles. The number of sulfonamides is 1. The SMILES string of the molecule is Cc1ccc(Cl)cc1N1CCN(C(=O)CCc2ccc(S(=O)(=O)NC(C)C)cc2)CC1. The van der Waals surface area contributed by atoms with Crippen LogP contribution in [0.4, 0.5) is 5.69 Å². The summed E-state index contributed by atoms with van der Waals surface area (Å²) < 4.78 is 27.0. The number of aryl methyl sites for hydroxylation is 2. The van der Waals surface area contributed by atoms with Crippen molar-refractivity contribution in [2.24, 2.45) is 0 Å². The molecule has 0 saturated carbocycles. The summed E-state index contributed by atoms with van der Waals surface area (Å²) in [5.41, 5.74) is 3.25. The first-order chi connectivity index (χ1) is 14.7. The van der Waals surface area contributed by atoms with E-state index in [1.165, 1.54) is 5.56 Å². The van der Waals surface area contributed by atoms with E-state index in [4.69, 9.17) is 11.6 Å². The summed E-state index contributed by atoms with van der Waals surface area (Å²) in [4.78, 5) is 17.1. The van der Waals surface area contributed by atoms with Gasteiger partial charge >= 0.3 is 0 Å². The molecule has 1 aliphatic heterocycles. The van der Waals surface area contributed by atoms with Crippen molar-refractivity contribution in [3.05, 3.63) is 58.6 Å². The molecular formula is C23H30ClN3O3S. The summed E-state index contributed by atoms with van der Waals surface area (Å²) in [6.07, 6.45) is 0.997. The van der Waals surface area contributed by atoms with E-state index in [9.17, 15) is 13.2 Å². The number of nitrogens with zero attached hydrogens (tertiary/aromatic N) is 2. The summed E-state index contributed by atoms with van der Waals surface area (Å²) in [5.74, 6) is 0.126. The van der Waals surface area contributed by atoms with E-state index >= 15 is 0 Å². The molecule has 31 heavy (non-hydrogen) atoms. The van der Waals surface area contributed by atoms with Gasteiger partial charge in [0.15, 0.2) is 0 Å². The van der Waals surface area contributed by atoms with Crippen LogP contribution >= 0.6 is 11.6 Å². The molecule has 1 fully saturated rings. The van der Waals surface area contributed by atoms with Crippen molar-refractivity contribution in [3.8, 4) is 0 Å². The van der Waals surface area contributed by atoms with E-state index in [0.717, 1.165) is 29.4 Å². The molecule has 0 spiro atoms. The number of carbonyl (C=O) groups is 1. The van der Waals surface area contributed by atoms with Crippen LogP contribution < -0.4 is 9.62 Å². The third-order valence-corrected chi connectivity index (χ3v) is 7.31. The Balaban J connectivity index is 1.51. The fraction of sp³-hybridized carbons (Fsp3) is 0.435. The topological polar surface area (TPSA) is 69.7 Å². The number of hydrogen-bond acceptors (Lipinski definition) is 4. The first kappa shape index (κ1) is 23.6. The van der Waals surface area contributed by atoms with Crippen LogP contribution in [0, 0.1) is 6.92 Å². The predicted octanol–water partition coefficient (Wildman–Crippen LogP) is 3.62. The van der Waals surface area contributed by atoms with Crippen LogP contribution in [-0.4, -0.2) is 51.4 Å². The molecule has 3 rings (SSSR count). The van der Waals surface area contributed by atoms with Crippen LogP contribution in [0.25, 0.3) is 0 Å². The van der Waals surface area contributed by atoms with Crippen molar-refractivity contribution in [2.45, 2.75) is 44.6 Å². The van der Waals surface area contributed by atoms with E-state index in [-0.39, 0.29) is 16.8 Å². The lowest BCUT2D eigenvalue weighted by Crippen LogP contribution is -2.49. The van der Waals surface area contributed by atoms with Crippen LogP contribution in [0.3, 0.4) is 0 Å². The lowest BCUT2D eigenvalue weighted by molar-refractivity contribution is -0.131. The Hall–Kier alpha value is -2.09. The molecule has 1 heterocycles. The smallest absolute Gasteiger partial charge is 0.240 e. The Morgan fingerprint density at radius 3 is 2.32 bits per heavy atom. The second-order valence-corrected chi connectivity index (χ2v) is 10.4. The first-order valence-corrected chi connectivity index (χ1v) is 12.4. The molecule has 0 unspecified atom stereocenters. The Kier molecular flexibility index (Phi) is 7.62. The molecule has 1 amide bonds. The highest BCUT2D eigenvalue weighted by molar-refractivity contribution is 7.89. The molecule has 0 aliphatic carbocycles. The van der Waals surface area contributed by atoms with Crippen LogP contribution in [0.15, 0.2) is 47.4 Å². The molecule has 168 valence electrons. The molecule has 0 atom stereocenters. The molecule has 1 saturated heterocycles. The van der Waals surface area contributed by atoms with Gasteiger partial charge in [-0.15, -0.1) is 0 Å². The zero-order valence-corrected chi connectivity index (χ0v) is 19.8. The van der Waals surface area contributed by atoms with E-state index in [1.54, 1.807) is 38.1 Å². The van der Waals surface area contributed by atoms with Crippen molar-refractivity contribution in [1.29, 1.82) is 0 Å². The lowest BCUT2D eigenvalue weighted by atomic mass is 10.1. The van der Waals surface area contributed by atoms with Crippen molar-refractivity contribution in [1.82, 2.24) is 9.62 Å². The maximum atomic E-state index is 12.7. The molecular weight excluding hydrogens is 434 g/mol. The van der Waals surface area contributed by atoms with E-state index in [2.05, 4.69) is 16.5 Å². The van der Waals surface area contributed by atoms with E-state index in [0.29, 0.717) is 25.9 Å². The van der Waals surface area contributed by atoms with Gasteiger partial charge in [0.2, 0.25) is 15.9 Å². The van der Waals surface area contributed by atoms with Gasteiger partial charge in [-0.1, -0.05) is 29.8 Å². The standard InChI is InChI=1S/C23H30ClN3O3S/c1-17(2)25-31(29,30)21-9-5-19(6-10-21)7-11-23(28)27-14-12-26(13-15-27)22-16-20(24)8-4-18(22)3/h4-6,8-10,16-17,25H,7,11-15H2,1-3H3. The summed E-state index contributed by atoms with van der Waals surface area (Å²) in [6, 6.07) is 12.5. The van der Waals surface area contributed by atoms with Gasteiger partial charge in [0.05, 0.1) is 4.90 Å². The van der Waals surface area contributed by atoms with Gasteiger partial charge in [0, 0.05) is 49.4 Å². The number of halogens is 1. The van der Waals surface area contributed by atoms with Crippen molar-refractivity contribution in [3.63, 3.8) is 0 Å². The lowest BCUT2D eigenvalue weighted by Gasteiger charge is -2.37. The molecule has 1 N–H and O–H groups in total. The van der Waals surface area contributed by atoms with Gasteiger partial charge in [-0.05, 0) is 62.6 Å². The van der Waals surface area contributed by atoms with Gasteiger partial charge in [-0.25, -0.2) is 13.1 Å². The molecule has 8 heteroatoms. The van der Waals surface area contributed by atoms with Crippen LogP contribution in [0.5, 0.6) is 0 Å². The largest absolute Gasteiger partial charge is 0.368 e. The van der Waals surface area contributed by atoms with E-state index < -0.39 is 10.0 Å². The molecule has 0 radical (unpaired) electrons. The first-order valence-electron chi connectivity index (χ1n) is 10.6. The highest BCUT2D eigenvalue weighted by Crippen LogP contribution is 2.25. The van der Waals surface area contributed by atoms with Crippen molar-refractivity contribution in [2.75, 3.05) is 31.1 Å². The van der Waals surface area contributed by atoms with Gasteiger partial charge in [-0.2, -0.15) is 0 Å². The number of benzene rings is 2. The van der Waals surface area contributed by atoms with Gasteiger partial charge in [0.1, 0.15) is 0 Å². The van der Waals surface area contributed by atoms with Crippen LogP contribution in [0.2, 0.25) is 5.02 Å². The zero-order valence-electron chi connectivity index (χ0n) is 18.3. The molecule has 0 aromatic heterocycles. The van der Waals surface area contributed by atoms with Gasteiger partial charge in [-0.3, -0.25) is 4.79 Å². The quantitative estimate of drug-likeness (QED) is 0.680. The maximum Gasteiger partial charge on any atom is 0.240 e. The van der Waals surface area contributed by atoms with Gasteiger partial charge in [0.25, 0.3) is 0 Å². The minimum atomic E-state index is -3.50. The highest BCUT2D eigenvalue weighted by atomic mass is 35.5. The Bertz CT molecular complexity index is 1010. The number of anilines is 1. The van der Waals surface area contributed by atoms with Crippen molar-refractivity contribution >= 4 is 33.2 Å². The molecule has 1 aliphatic rings. The van der Waals surface area contributed by atoms with Crippen LogP contribution in [-0.2, 0) is 21.2 Å². The summed E-state index contributed by atoms with van der Waals surface area (Å²) in [5, 5.41) is 0.720. The third-order valence-electron chi connectivity index (χ3n) is 5.40.